The van der Waals surface area contributed by atoms with Crippen LogP contribution in [0.2, 0.25) is 5.02 Å². The van der Waals surface area contributed by atoms with Gasteiger partial charge in [0.15, 0.2) is 0 Å². The zero-order valence-corrected chi connectivity index (χ0v) is 14.5. The number of aromatic nitrogens is 2. The maximum Gasteiger partial charge on any atom is 0.418 e. The molecule has 0 fully saturated rings. The van der Waals surface area contributed by atoms with Gasteiger partial charge < -0.3 is 5.32 Å². The average Bonchev–Trinajstić information content (AvgIpc) is 3.01. The third-order valence-corrected chi connectivity index (χ3v) is 4.51. The highest BCUT2D eigenvalue weighted by Crippen LogP contribution is 2.36. The molecule has 0 saturated heterocycles. The molecule has 1 N–H and O–H groups in total. The van der Waals surface area contributed by atoms with Crippen molar-refractivity contribution in [3.8, 4) is 0 Å². The molecule has 9 heteroatoms. The number of fused-ring (bicyclic) bond motifs is 1. The molecule has 0 saturated carbocycles. The van der Waals surface area contributed by atoms with Gasteiger partial charge in [0.1, 0.15) is 6.04 Å². The van der Waals surface area contributed by atoms with Gasteiger partial charge in [-0.2, -0.15) is 18.3 Å². The number of nitrogens with zero attached hydrogens (tertiary/aromatic N) is 2. The van der Waals surface area contributed by atoms with E-state index < -0.39 is 34.9 Å². The molecule has 1 atom stereocenters. The molecule has 3 rings (SSSR count). The number of halogens is 4. The highest BCUT2D eigenvalue weighted by atomic mass is 35.5. The van der Waals surface area contributed by atoms with Gasteiger partial charge in [0.05, 0.1) is 16.9 Å². The lowest BCUT2D eigenvalue weighted by molar-refractivity contribution is -0.137. The lowest BCUT2D eigenvalue weighted by Gasteiger charge is -2.18. The summed E-state index contributed by atoms with van der Waals surface area (Å²) in [6, 6.07) is 3.43. The Kier molecular flexibility index (Phi) is 4.79. The number of carbonyl (C=O) groups excluding carboxylic acids is 1. The largest absolute Gasteiger partial charge is 0.418 e. The van der Waals surface area contributed by atoms with Gasteiger partial charge in [0.2, 0.25) is 5.91 Å². The molecule has 0 radical (unpaired) electrons. The summed E-state index contributed by atoms with van der Waals surface area (Å²) in [6.45, 7) is 1.41. The second-order valence-corrected chi connectivity index (χ2v) is 6.54. The normalized spacial score (nSPS) is 14.8. The van der Waals surface area contributed by atoms with Gasteiger partial charge in [-0.05, 0) is 49.9 Å². The molecule has 2 aromatic rings. The molecule has 0 spiro atoms. The van der Waals surface area contributed by atoms with Gasteiger partial charge in [-0.3, -0.25) is 9.59 Å². The molecule has 1 aromatic heterocycles. The third kappa shape index (κ3) is 3.60. The Morgan fingerprint density at radius 1 is 1.31 bits per heavy atom. The first kappa shape index (κ1) is 18.4. The number of nitrogens with one attached hydrogen (secondary N) is 1. The van der Waals surface area contributed by atoms with E-state index in [2.05, 4.69) is 10.4 Å². The molecule has 5 nitrogen and oxygen atoms in total. The van der Waals surface area contributed by atoms with Crippen LogP contribution in [0.5, 0.6) is 0 Å². The van der Waals surface area contributed by atoms with E-state index in [-0.39, 0.29) is 5.02 Å². The second-order valence-electron chi connectivity index (χ2n) is 6.11. The topological polar surface area (TPSA) is 64.0 Å². The van der Waals surface area contributed by atoms with Gasteiger partial charge in [-0.15, -0.1) is 0 Å². The van der Waals surface area contributed by atoms with Crippen molar-refractivity contribution >= 4 is 23.2 Å². The van der Waals surface area contributed by atoms with E-state index >= 15 is 0 Å². The van der Waals surface area contributed by atoms with Crippen LogP contribution in [0.1, 0.15) is 36.2 Å². The van der Waals surface area contributed by atoms with Crippen LogP contribution in [0.15, 0.2) is 29.1 Å². The van der Waals surface area contributed by atoms with Crippen molar-refractivity contribution in [2.45, 2.75) is 38.4 Å². The highest BCUT2D eigenvalue weighted by molar-refractivity contribution is 6.30. The third-order valence-electron chi connectivity index (χ3n) is 4.27. The maximum atomic E-state index is 13.1. The zero-order valence-electron chi connectivity index (χ0n) is 13.7. The lowest BCUT2D eigenvalue weighted by Crippen LogP contribution is -2.34. The number of alkyl halides is 3. The summed E-state index contributed by atoms with van der Waals surface area (Å²) in [5.41, 5.74) is -0.337. The summed E-state index contributed by atoms with van der Waals surface area (Å²) in [5.74, 6) is -0.773. The minimum absolute atomic E-state index is 0.0973. The first-order valence-corrected chi connectivity index (χ1v) is 8.34. The highest BCUT2D eigenvalue weighted by Gasteiger charge is 2.34. The molecule has 1 unspecified atom stereocenters. The molecule has 1 aliphatic rings. The number of benzene rings is 1. The number of amides is 1. The fraction of sp³-hybridized carbons (Fsp3) is 0.353. The summed E-state index contributed by atoms with van der Waals surface area (Å²) >= 11 is 5.62. The number of anilines is 1. The Morgan fingerprint density at radius 3 is 2.73 bits per heavy atom. The van der Waals surface area contributed by atoms with Crippen LogP contribution in [0.3, 0.4) is 0 Å². The van der Waals surface area contributed by atoms with Gasteiger partial charge in [-0.25, -0.2) is 4.68 Å². The maximum absolute atomic E-state index is 13.1. The van der Waals surface area contributed by atoms with Crippen LogP contribution in [-0.4, -0.2) is 15.7 Å². The number of hydrogen-bond acceptors (Lipinski definition) is 3. The van der Waals surface area contributed by atoms with E-state index in [0.29, 0.717) is 6.42 Å². The quantitative estimate of drug-likeness (QED) is 0.878. The molecule has 1 heterocycles. The van der Waals surface area contributed by atoms with E-state index in [1.165, 1.54) is 19.1 Å². The van der Waals surface area contributed by atoms with Crippen molar-refractivity contribution in [2.24, 2.45) is 0 Å². The van der Waals surface area contributed by atoms with Crippen LogP contribution in [-0.2, 0) is 23.8 Å². The van der Waals surface area contributed by atoms with Crippen LogP contribution < -0.4 is 10.9 Å². The fourth-order valence-corrected chi connectivity index (χ4v) is 3.07. The summed E-state index contributed by atoms with van der Waals surface area (Å²) in [7, 11) is 0. The summed E-state index contributed by atoms with van der Waals surface area (Å²) in [5, 5.41) is 6.32. The van der Waals surface area contributed by atoms with Crippen molar-refractivity contribution in [3.63, 3.8) is 0 Å². The second kappa shape index (κ2) is 6.75. The number of hydrogen-bond donors (Lipinski definition) is 1. The fourth-order valence-electron chi connectivity index (χ4n) is 2.90. The summed E-state index contributed by atoms with van der Waals surface area (Å²) in [6.07, 6.45) is -2.33. The molecule has 1 amide bonds. The van der Waals surface area contributed by atoms with Crippen molar-refractivity contribution in [2.75, 3.05) is 5.32 Å². The predicted octanol–water partition coefficient (Wildman–Crippen LogP) is 3.60. The Morgan fingerprint density at radius 2 is 2.04 bits per heavy atom. The minimum atomic E-state index is -4.68. The number of aryl methyl sites for hydroxylation is 2. The van der Waals surface area contributed by atoms with Gasteiger partial charge in [0.25, 0.3) is 5.56 Å². The summed E-state index contributed by atoms with van der Waals surface area (Å²) < 4.78 is 40.4. The van der Waals surface area contributed by atoms with E-state index in [0.717, 1.165) is 40.9 Å². The van der Waals surface area contributed by atoms with E-state index in [9.17, 15) is 22.8 Å². The van der Waals surface area contributed by atoms with E-state index in [1.54, 1.807) is 0 Å². The first-order chi connectivity index (χ1) is 12.2. The molecule has 1 aliphatic carbocycles. The van der Waals surface area contributed by atoms with Gasteiger partial charge in [-0.1, -0.05) is 11.6 Å². The molecule has 0 bridgehead atoms. The van der Waals surface area contributed by atoms with Crippen LogP contribution in [0, 0.1) is 0 Å². The summed E-state index contributed by atoms with van der Waals surface area (Å²) in [4.78, 5) is 24.6. The van der Waals surface area contributed by atoms with Crippen LogP contribution in [0.4, 0.5) is 18.9 Å². The number of carbonyl (C=O) groups is 1. The van der Waals surface area contributed by atoms with Crippen LogP contribution >= 0.6 is 11.6 Å². The van der Waals surface area contributed by atoms with Crippen molar-refractivity contribution < 1.29 is 18.0 Å². The van der Waals surface area contributed by atoms with E-state index in [4.69, 9.17) is 11.6 Å². The lowest BCUT2D eigenvalue weighted by atomic mass is 10.1. The average molecular weight is 386 g/mol. The standard InChI is InChI=1S/C17H15ClF3N3O2/c1-9(24-15(25)7-10-3-2-4-13(10)23-24)16(26)22-14-6-5-11(18)8-12(14)17(19,20)21/h5-9H,2-4H2,1H3,(H,22,26). The first-order valence-electron chi connectivity index (χ1n) is 7.96. The Balaban J connectivity index is 1.89. The van der Waals surface area contributed by atoms with Crippen LogP contribution in [0.25, 0.3) is 0 Å². The van der Waals surface area contributed by atoms with Crippen molar-refractivity contribution in [3.05, 3.63) is 56.5 Å². The van der Waals surface area contributed by atoms with Gasteiger partial charge >= 0.3 is 6.18 Å². The number of rotatable bonds is 3. The minimum Gasteiger partial charge on any atom is -0.324 e. The molecule has 0 aliphatic heterocycles. The monoisotopic (exact) mass is 385 g/mol. The molecule has 1 aromatic carbocycles. The van der Waals surface area contributed by atoms with Crippen molar-refractivity contribution in [1.29, 1.82) is 0 Å². The van der Waals surface area contributed by atoms with Gasteiger partial charge in [0, 0.05) is 11.1 Å². The predicted molar refractivity (Wildman–Crippen MR) is 90.3 cm³/mol. The molecule has 138 valence electrons. The Labute approximate surface area is 151 Å². The Hall–Kier alpha value is -2.35. The molecule has 26 heavy (non-hydrogen) atoms. The van der Waals surface area contributed by atoms with E-state index in [1.807, 2.05) is 0 Å². The molecular formula is C17H15ClF3N3O2. The smallest absolute Gasteiger partial charge is 0.324 e. The van der Waals surface area contributed by atoms with Crippen molar-refractivity contribution in [1.82, 2.24) is 9.78 Å². The SMILES string of the molecule is CC(C(=O)Nc1ccc(Cl)cc1C(F)(F)F)n1nc2c(cc1=O)CCC2. The Bertz CT molecular complexity index is 924. The molecular weight excluding hydrogens is 371 g/mol. The zero-order chi connectivity index (χ0) is 19.1.